The predicted octanol–water partition coefficient (Wildman–Crippen LogP) is 3.71. The van der Waals surface area contributed by atoms with E-state index in [1.807, 2.05) is 0 Å². The number of H-pyrrole nitrogens is 1. The zero-order valence-corrected chi connectivity index (χ0v) is 15.8. The Kier molecular flexibility index (Phi) is 5.65. The number of ether oxygens (including phenoxy) is 1. The maximum Gasteiger partial charge on any atom is 0.387 e. The lowest BCUT2D eigenvalue weighted by Gasteiger charge is -2.04. The normalized spacial score (nSPS) is 11.0. The van der Waals surface area contributed by atoms with Gasteiger partial charge in [0.1, 0.15) is 23.6 Å². The number of nitrogens with zero attached hydrogens (tertiary/aromatic N) is 4. The number of nitrogens with one attached hydrogen (secondary N) is 2. The third-order valence-electron chi connectivity index (χ3n) is 4.25. The lowest BCUT2D eigenvalue weighted by Crippen LogP contribution is -2.14. The number of hydrogen-bond acceptors (Lipinski definition) is 5. The molecule has 0 aliphatic heterocycles. The molecule has 0 saturated heterocycles. The van der Waals surface area contributed by atoms with Gasteiger partial charge in [0.2, 0.25) is 5.95 Å². The van der Waals surface area contributed by atoms with Crippen LogP contribution in [0.4, 0.5) is 19.1 Å². The van der Waals surface area contributed by atoms with E-state index < -0.39 is 12.5 Å². The zero-order valence-electron chi connectivity index (χ0n) is 15.8. The van der Waals surface area contributed by atoms with Crippen molar-refractivity contribution in [1.29, 1.82) is 0 Å². The van der Waals surface area contributed by atoms with Crippen molar-refractivity contribution in [2.45, 2.75) is 13.2 Å². The van der Waals surface area contributed by atoms with Gasteiger partial charge in [0, 0.05) is 11.1 Å². The average molecular weight is 428 g/mol. The van der Waals surface area contributed by atoms with Crippen LogP contribution in [0.2, 0.25) is 0 Å². The summed E-state index contributed by atoms with van der Waals surface area (Å²) in [7, 11) is 0. The second-order valence-electron chi connectivity index (χ2n) is 6.38. The molecule has 8 nitrogen and oxygen atoms in total. The van der Waals surface area contributed by atoms with Crippen molar-refractivity contribution in [2.24, 2.45) is 0 Å². The molecule has 0 bridgehead atoms. The van der Waals surface area contributed by atoms with Crippen LogP contribution in [0.1, 0.15) is 16.1 Å². The van der Waals surface area contributed by atoms with Crippen molar-refractivity contribution in [3.05, 3.63) is 78.0 Å². The summed E-state index contributed by atoms with van der Waals surface area (Å²) in [6.07, 6.45) is 1.38. The summed E-state index contributed by atoms with van der Waals surface area (Å²) < 4.78 is 43.9. The highest BCUT2D eigenvalue weighted by atomic mass is 19.3. The zero-order chi connectivity index (χ0) is 21.8. The first-order valence-corrected chi connectivity index (χ1v) is 9.03. The molecule has 4 aromatic rings. The Labute approximate surface area is 173 Å². The van der Waals surface area contributed by atoms with Gasteiger partial charge in [-0.25, -0.2) is 14.1 Å². The number of halogens is 3. The highest BCUT2D eigenvalue weighted by Gasteiger charge is 2.14. The predicted molar refractivity (Wildman–Crippen MR) is 104 cm³/mol. The van der Waals surface area contributed by atoms with Gasteiger partial charge in [0.05, 0.1) is 12.2 Å². The largest absolute Gasteiger partial charge is 0.435 e. The number of carbonyl (C=O) groups excluding carboxylic acids is 1. The molecule has 0 saturated carbocycles. The molecule has 0 aliphatic carbocycles. The number of aromatic nitrogens is 5. The summed E-state index contributed by atoms with van der Waals surface area (Å²) in [6.45, 7) is -2.75. The van der Waals surface area contributed by atoms with E-state index in [1.165, 1.54) is 35.3 Å². The SMILES string of the molecule is O=C(Nc1ncn(Cc2ccccc2F)n1)c1cc(-c2ccc(OC(F)F)cc2)n[nH]1. The number of aromatic amines is 1. The Morgan fingerprint density at radius 2 is 1.94 bits per heavy atom. The van der Waals surface area contributed by atoms with Crippen LogP contribution in [0.15, 0.2) is 60.9 Å². The van der Waals surface area contributed by atoms with E-state index >= 15 is 0 Å². The minimum atomic E-state index is -2.91. The van der Waals surface area contributed by atoms with Gasteiger partial charge in [-0.2, -0.15) is 13.9 Å². The van der Waals surface area contributed by atoms with Crippen molar-refractivity contribution in [2.75, 3.05) is 5.32 Å². The lowest BCUT2D eigenvalue weighted by atomic mass is 10.1. The van der Waals surface area contributed by atoms with Crippen molar-refractivity contribution in [3.63, 3.8) is 0 Å². The first-order chi connectivity index (χ1) is 15.0. The van der Waals surface area contributed by atoms with Gasteiger partial charge in [-0.15, -0.1) is 5.10 Å². The van der Waals surface area contributed by atoms with Crippen LogP contribution in [-0.4, -0.2) is 37.5 Å². The van der Waals surface area contributed by atoms with E-state index in [-0.39, 0.29) is 29.8 Å². The van der Waals surface area contributed by atoms with Crippen molar-refractivity contribution in [3.8, 4) is 17.0 Å². The molecule has 4 rings (SSSR count). The summed E-state index contributed by atoms with van der Waals surface area (Å²) in [4.78, 5) is 16.4. The molecule has 0 aliphatic rings. The maximum atomic E-state index is 13.8. The monoisotopic (exact) mass is 428 g/mol. The number of rotatable bonds is 7. The van der Waals surface area contributed by atoms with Gasteiger partial charge in [0.25, 0.3) is 5.91 Å². The summed E-state index contributed by atoms with van der Waals surface area (Å²) in [5, 5.41) is 13.3. The molecule has 2 heterocycles. The van der Waals surface area contributed by atoms with E-state index in [0.717, 1.165) is 0 Å². The fourth-order valence-electron chi connectivity index (χ4n) is 2.79. The molecule has 0 radical (unpaired) electrons. The molecular formula is C20H15F3N6O2. The van der Waals surface area contributed by atoms with E-state index in [2.05, 4.69) is 30.3 Å². The van der Waals surface area contributed by atoms with Gasteiger partial charge < -0.3 is 4.74 Å². The van der Waals surface area contributed by atoms with Crippen LogP contribution in [-0.2, 0) is 6.54 Å². The Bertz CT molecular complexity index is 1190. The Balaban J connectivity index is 1.40. The second kappa shape index (κ2) is 8.69. The van der Waals surface area contributed by atoms with Gasteiger partial charge in [-0.1, -0.05) is 18.2 Å². The molecule has 0 spiro atoms. The molecule has 2 aromatic carbocycles. The molecule has 1 amide bonds. The first-order valence-electron chi connectivity index (χ1n) is 9.03. The summed E-state index contributed by atoms with van der Waals surface area (Å²) >= 11 is 0. The summed E-state index contributed by atoms with van der Waals surface area (Å²) in [5.41, 5.74) is 1.62. The van der Waals surface area contributed by atoms with E-state index in [4.69, 9.17) is 0 Å². The van der Waals surface area contributed by atoms with Crippen molar-refractivity contribution >= 4 is 11.9 Å². The second-order valence-corrected chi connectivity index (χ2v) is 6.38. The molecule has 0 unspecified atom stereocenters. The molecule has 2 aromatic heterocycles. The number of hydrogen-bond donors (Lipinski definition) is 2. The standard InChI is InChI=1S/C20H15F3N6O2/c21-15-4-2-1-3-13(15)10-29-11-24-20(28-29)25-18(30)17-9-16(26-27-17)12-5-7-14(8-6-12)31-19(22)23/h1-9,11,19H,10H2,(H,26,27)(H,25,28,30). The molecule has 11 heteroatoms. The van der Waals surface area contributed by atoms with Crippen LogP contribution in [0.3, 0.4) is 0 Å². The quantitative estimate of drug-likeness (QED) is 0.468. The Morgan fingerprint density at radius 1 is 1.16 bits per heavy atom. The van der Waals surface area contributed by atoms with Crippen LogP contribution in [0.25, 0.3) is 11.3 Å². The third-order valence-corrected chi connectivity index (χ3v) is 4.25. The fraction of sp³-hybridized carbons (Fsp3) is 0.100. The average Bonchev–Trinajstić information content (AvgIpc) is 3.40. The number of alkyl halides is 2. The van der Waals surface area contributed by atoms with Crippen LogP contribution >= 0.6 is 0 Å². The molecule has 158 valence electrons. The minimum absolute atomic E-state index is 0.0179. The van der Waals surface area contributed by atoms with Crippen molar-refractivity contribution < 1.29 is 22.7 Å². The van der Waals surface area contributed by atoms with Gasteiger partial charge in [-0.05, 0) is 36.4 Å². The number of amides is 1. The first kappa shape index (κ1) is 20.1. The van der Waals surface area contributed by atoms with Crippen LogP contribution in [0, 0.1) is 5.82 Å². The Hall–Kier alpha value is -4.15. The molecule has 0 fully saturated rings. The van der Waals surface area contributed by atoms with Crippen LogP contribution < -0.4 is 10.1 Å². The van der Waals surface area contributed by atoms with E-state index in [9.17, 15) is 18.0 Å². The van der Waals surface area contributed by atoms with Crippen LogP contribution in [0.5, 0.6) is 5.75 Å². The van der Waals surface area contributed by atoms with E-state index in [0.29, 0.717) is 16.8 Å². The van der Waals surface area contributed by atoms with Crippen molar-refractivity contribution in [1.82, 2.24) is 25.0 Å². The van der Waals surface area contributed by atoms with Gasteiger partial charge >= 0.3 is 6.61 Å². The number of anilines is 1. The summed E-state index contributed by atoms with van der Waals surface area (Å²) in [5.74, 6) is -0.822. The highest BCUT2D eigenvalue weighted by molar-refractivity contribution is 6.02. The molecule has 2 N–H and O–H groups in total. The maximum absolute atomic E-state index is 13.8. The topological polar surface area (TPSA) is 97.7 Å². The molecule has 31 heavy (non-hydrogen) atoms. The lowest BCUT2D eigenvalue weighted by molar-refractivity contribution is -0.0498. The van der Waals surface area contributed by atoms with E-state index in [1.54, 1.807) is 30.3 Å². The smallest absolute Gasteiger partial charge is 0.387 e. The number of benzene rings is 2. The molecule has 0 atom stereocenters. The minimum Gasteiger partial charge on any atom is -0.435 e. The molecular weight excluding hydrogens is 413 g/mol. The van der Waals surface area contributed by atoms with Gasteiger partial charge in [0.15, 0.2) is 0 Å². The Morgan fingerprint density at radius 3 is 2.68 bits per heavy atom. The third kappa shape index (κ3) is 4.89. The summed E-state index contributed by atoms with van der Waals surface area (Å²) in [6, 6.07) is 13.6. The number of carbonyl (C=O) groups is 1. The highest BCUT2D eigenvalue weighted by Crippen LogP contribution is 2.22. The van der Waals surface area contributed by atoms with Gasteiger partial charge in [-0.3, -0.25) is 15.2 Å². The fourth-order valence-corrected chi connectivity index (χ4v) is 2.79.